The number of alkyl halides is 3. The van der Waals surface area contributed by atoms with Crippen molar-refractivity contribution in [2.75, 3.05) is 0 Å². The summed E-state index contributed by atoms with van der Waals surface area (Å²) in [6.45, 7) is 0. The summed E-state index contributed by atoms with van der Waals surface area (Å²) in [6.07, 6.45) is -0.388. The maximum Gasteiger partial charge on any atom is 0.416 e. The molecule has 3 aromatic carbocycles. The predicted molar refractivity (Wildman–Crippen MR) is 145 cm³/mol. The van der Waals surface area contributed by atoms with Gasteiger partial charge in [0.1, 0.15) is 11.5 Å². The van der Waals surface area contributed by atoms with Crippen LogP contribution in [0.3, 0.4) is 0 Å². The topological polar surface area (TPSA) is 95.9 Å². The zero-order valence-corrected chi connectivity index (χ0v) is 22.5. The molecule has 3 fully saturated rings. The van der Waals surface area contributed by atoms with Gasteiger partial charge in [-0.05, 0) is 54.3 Å². The summed E-state index contributed by atoms with van der Waals surface area (Å²) in [5.74, 6) is -4.18. The van der Waals surface area contributed by atoms with Crippen LogP contribution in [0.4, 0.5) is 13.2 Å². The Balaban J connectivity index is 1.41. The van der Waals surface area contributed by atoms with Crippen LogP contribution in [-0.4, -0.2) is 33.8 Å². The summed E-state index contributed by atoms with van der Waals surface area (Å²) in [6, 6.07) is 18.2. The van der Waals surface area contributed by atoms with Crippen molar-refractivity contribution in [1.82, 2.24) is 10.2 Å². The number of aliphatic carboxylic acids is 1. The zero-order valence-electron chi connectivity index (χ0n) is 22.5. The van der Waals surface area contributed by atoms with Gasteiger partial charge in [0, 0.05) is 12.1 Å². The Morgan fingerprint density at radius 1 is 0.881 bits per heavy atom. The molecule has 0 radical (unpaired) electrons. The van der Waals surface area contributed by atoms with Gasteiger partial charge in [-0.2, -0.15) is 13.2 Å². The number of likely N-dealkylation sites (tertiary alicyclic amines) is 1. The minimum Gasteiger partial charge on any atom is -0.480 e. The Morgan fingerprint density at radius 2 is 1.55 bits per heavy atom. The lowest BCUT2D eigenvalue weighted by Gasteiger charge is -2.34. The molecule has 3 aromatic rings. The molecule has 2 heterocycles. The Bertz CT molecular complexity index is 1520. The lowest BCUT2D eigenvalue weighted by atomic mass is 9.75. The average molecular weight is 579 g/mol. The van der Waals surface area contributed by atoms with Crippen LogP contribution in [0.15, 0.2) is 78.9 Å². The second-order valence-electron chi connectivity index (χ2n) is 11.1. The molecule has 218 valence electrons. The number of nitrogens with one attached hydrogen (secondary N) is 1. The van der Waals surface area contributed by atoms with Gasteiger partial charge in [-0.1, -0.05) is 67.8 Å². The van der Waals surface area contributed by atoms with E-state index in [0.717, 1.165) is 31.4 Å². The number of hydrogen-bond donors (Lipinski definition) is 2. The maximum absolute atomic E-state index is 14.1. The summed E-state index contributed by atoms with van der Waals surface area (Å²) in [4.78, 5) is 42.6. The van der Waals surface area contributed by atoms with E-state index in [9.17, 15) is 32.7 Å². The summed E-state index contributed by atoms with van der Waals surface area (Å²) < 4.78 is 45.5. The van der Waals surface area contributed by atoms with Gasteiger partial charge in [-0.15, -0.1) is 0 Å². The van der Waals surface area contributed by atoms with E-state index in [-0.39, 0.29) is 17.5 Å². The van der Waals surface area contributed by atoms with E-state index in [0.29, 0.717) is 24.0 Å². The second-order valence-corrected chi connectivity index (χ2v) is 11.1. The van der Waals surface area contributed by atoms with Gasteiger partial charge in [-0.3, -0.25) is 19.8 Å². The van der Waals surface area contributed by atoms with Crippen LogP contribution in [0.25, 0.3) is 0 Å². The molecule has 6 rings (SSSR count). The van der Waals surface area contributed by atoms with E-state index in [1.54, 1.807) is 54.6 Å². The summed E-state index contributed by atoms with van der Waals surface area (Å²) >= 11 is 0. The van der Waals surface area contributed by atoms with Gasteiger partial charge in [0.15, 0.2) is 5.54 Å². The fourth-order valence-corrected chi connectivity index (χ4v) is 6.85. The van der Waals surface area contributed by atoms with Crippen LogP contribution in [-0.2, 0) is 26.1 Å². The van der Waals surface area contributed by atoms with Crippen molar-refractivity contribution < 1.29 is 37.4 Å². The Morgan fingerprint density at radius 3 is 2.21 bits per heavy atom. The molecule has 2 aliphatic heterocycles. The number of halogens is 3. The normalized spacial score (nSPS) is 26.4. The third kappa shape index (κ3) is 4.63. The molecule has 2 amide bonds. The number of carboxylic acid groups (broad SMARTS) is 1. The number of fused-ring (bicyclic) bond motifs is 1. The van der Waals surface area contributed by atoms with E-state index in [1.165, 1.54) is 17.0 Å². The molecule has 0 spiro atoms. The molecule has 4 unspecified atom stereocenters. The fourth-order valence-electron chi connectivity index (χ4n) is 6.85. The first kappa shape index (κ1) is 28.0. The molecule has 1 aliphatic carbocycles. The third-order valence-corrected chi connectivity index (χ3v) is 8.71. The van der Waals surface area contributed by atoms with Crippen molar-refractivity contribution in [3.63, 3.8) is 0 Å². The molecule has 0 bridgehead atoms. The molecule has 7 nitrogen and oxygen atoms in total. The smallest absolute Gasteiger partial charge is 0.416 e. The number of amides is 2. The largest absolute Gasteiger partial charge is 0.480 e. The molecule has 2 saturated heterocycles. The van der Waals surface area contributed by atoms with Gasteiger partial charge < -0.3 is 9.84 Å². The van der Waals surface area contributed by atoms with Crippen molar-refractivity contribution in [1.29, 1.82) is 0 Å². The Labute approximate surface area is 240 Å². The van der Waals surface area contributed by atoms with E-state index in [1.807, 2.05) is 0 Å². The lowest BCUT2D eigenvalue weighted by Crippen LogP contribution is -2.54. The SMILES string of the molecule is O=C1C2C(c3cccc(Oc4cccc(C(F)(F)F)c4)c3)NC(C(=O)O)(c3ccccc3)C2C(=O)N1C1CCCCC1. The van der Waals surface area contributed by atoms with Gasteiger partial charge in [0.25, 0.3) is 0 Å². The first-order chi connectivity index (χ1) is 20.1. The number of imide groups is 1. The van der Waals surface area contributed by atoms with Crippen LogP contribution < -0.4 is 10.1 Å². The maximum atomic E-state index is 14.1. The first-order valence-electron chi connectivity index (χ1n) is 14.0. The van der Waals surface area contributed by atoms with Crippen LogP contribution in [0.2, 0.25) is 0 Å². The standard InChI is InChI=1S/C32H29F3N2O5/c33-32(34,35)21-12-8-16-24(18-21)42-23-15-7-9-19(17-23)27-25-26(29(39)37(28(25)38)22-13-5-2-6-14-22)31(36-27,30(40)41)20-10-3-1-4-11-20/h1,3-4,7-12,15-18,22,25-27,36H,2,5-6,13-14H2,(H,40,41). The van der Waals surface area contributed by atoms with E-state index in [2.05, 4.69) is 5.32 Å². The highest BCUT2D eigenvalue weighted by Gasteiger charge is 2.69. The zero-order chi connectivity index (χ0) is 29.6. The van der Waals surface area contributed by atoms with E-state index >= 15 is 0 Å². The number of carbonyl (C=O) groups excluding carboxylic acids is 2. The van der Waals surface area contributed by atoms with Crippen molar-refractivity contribution in [2.45, 2.75) is 55.9 Å². The van der Waals surface area contributed by atoms with Gasteiger partial charge >= 0.3 is 12.1 Å². The highest BCUT2D eigenvalue weighted by molar-refractivity contribution is 6.10. The van der Waals surface area contributed by atoms with Crippen molar-refractivity contribution in [3.8, 4) is 11.5 Å². The predicted octanol–water partition coefficient (Wildman–Crippen LogP) is 6.06. The Hall–Kier alpha value is -4.18. The fraction of sp³-hybridized carbons (Fsp3) is 0.344. The minimum absolute atomic E-state index is 0.0287. The Kier molecular flexibility index (Phi) is 7.04. The molecular formula is C32H29F3N2O5. The number of nitrogens with zero attached hydrogens (tertiary/aromatic N) is 1. The highest BCUT2D eigenvalue weighted by Crippen LogP contribution is 2.54. The van der Waals surface area contributed by atoms with E-state index in [4.69, 9.17) is 4.74 Å². The third-order valence-electron chi connectivity index (χ3n) is 8.71. The van der Waals surface area contributed by atoms with Gasteiger partial charge in [0.05, 0.1) is 17.4 Å². The molecule has 0 aromatic heterocycles. The number of rotatable bonds is 6. The molecule has 42 heavy (non-hydrogen) atoms. The number of benzene rings is 3. The monoisotopic (exact) mass is 578 g/mol. The van der Waals surface area contributed by atoms with Crippen LogP contribution in [0.1, 0.15) is 54.8 Å². The molecule has 4 atom stereocenters. The van der Waals surface area contributed by atoms with Crippen molar-refractivity contribution in [2.24, 2.45) is 11.8 Å². The molecule has 10 heteroatoms. The van der Waals surface area contributed by atoms with Crippen molar-refractivity contribution >= 4 is 17.8 Å². The molecule has 3 aliphatic rings. The van der Waals surface area contributed by atoms with Crippen LogP contribution >= 0.6 is 0 Å². The molecular weight excluding hydrogens is 549 g/mol. The summed E-state index contributed by atoms with van der Waals surface area (Å²) in [7, 11) is 0. The summed E-state index contributed by atoms with van der Waals surface area (Å²) in [5, 5.41) is 13.9. The second kappa shape index (κ2) is 10.6. The number of carbonyl (C=O) groups is 3. The quantitative estimate of drug-likeness (QED) is 0.346. The first-order valence-corrected chi connectivity index (χ1v) is 14.0. The number of ether oxygens (including phenoxy) is 1. The highest BCUT2D eigenvalue weighted by atomic mass is 19.4. The number of hydrogen-bond acceptors (Lipinski definition) is 5. The summed E-state index contributed by atoms with van der Waals surface area (Å²) in [5.41, 5.74) is -1.88. The van der Waals surface area contributed by atoms with Crippen molar-refractivity contribution in [3.05, 3.63) is 95.6 Å². The average Bonchev–Trinajstić information content (AvgIpc) is 3.48. The van der Waals surface area contributed by atoms with Gasteiger partial charge in [0.2, 0.25) is 11.8 Å². The molecule has 2 N–H and O–H groups in total. The minimum atomic E-state index is -4.54. The van der Waals surface area contributed by atoms with E-state index < -0.39 is 52.9 Å². The number of carboxylic acids is 1. The lowest BCUT2D eigenvalue weighted by molar-refractivity contribution is -0.153. The van der Waals surface area contributed by atoms with Gasteiger partial charge in [-0.25, -0.2) is 4.79 Å². The molecule has 1 saturated carbocycles. The van der Waals surface area contributed by atoms with Crippen LogP contribution in [0.5, 0.6) is 11.5 Å². The van der Waals surface area contributed by atoms with Crippen LogP contribution in [0, 0.1) is 11.8 Å².